The van der Waals surface area contributed by atoms with Crippen LogP contribution in [-0.2, 0) is 14.2 Å². The van der Waals surface area contributed by atoms with Crippen molar-refractivity contribution in [2.75, 3.05) is 13.4 Å². The molecule has 0 atom stereocenters. The molecule has 0 amide bonds. The average Bonchev–Trinajstić information content (AvgIpc) is 3.16. The summed E-state index contributed by atoms with van der Waals surface area (Å²) < 4.78 is 64.8. The minimum Gasteiger partial charge on any atom is -0.492 e. The van der Waals surface area contributed by atoms with Gasteiger partial charge in [0.25, 0.3) is 0 Å². The monoisotopic (exact) mass is 466 g/mol. The number of esters is 1. The molecule has 0 saturated carbocycles. The van der Waals surface area contributed by atoms with E-state index in [4.69, 9.17) is 22.4 Å². The number of carbonyl (C=O) groups excluding carboxylic acids is 2. The smallest absolute Gasteiger partial charge is 0.492 e. The highest BCUT2D eigenvalue weighted by Crippen LogP contribution is 2.32. The lowest BCUT2D eigenvalue weighted by molar-refractivity contribution is -0.0342. The lowest BCUT2D eigenvalue weighted by atomic mass is 10.1. The Morgan fingerprint density at radius 3 is 2.66 bits per heavy atom. The zero-order valence-electron chi connectivity index (χ0n) is 24.0. The van der Waals surface area contributed by atoms with E-state index in [-0.39, 0.29) is 41.7 Å². The summed E-state index contributed by atoms with van der Waals surface area (Å²) in [6, 6.07) is 6.60. The SMILES string of the molecule is [2H]C([2H])([2H])CC(COc1ccc(-c2nc(C)c(C(=O)OCOC(=O)OC(C)C)s2)cc1C#N)CC([2H])([2H])[2H]. The first kappa shape index (κ1) is 17.4. The topological polar surface area (TPSA) is 108 Å². The van der Waals surface area contributed by atoms with Gasteiger partial charge in [0, 0.05) is 13.8 Å². The third kappa shape index (κ3) is 6.95. The van der Waals surface area contributed by atoms with Gasteiger partial charge in [0.1, 0.15) is 21.7 Å². The lowest BCUT2D eigenvalue weighted by Gasteiger charge is -2.14. The Morgan fingerprint density at radius 1 is 1.25 bits per heavy atom. The molecule has 2 aromatic rings. The molecule has 0 spiro atoms. The van der Waals surface area contributed by atoms with Gasteiger partial charge >= 0.3 is 12.1 Å². The van der Waals surface area contributed by atoms with Gasteiger partial charge in [-0.05, 0) is 44.9 Å². The van der Waals surface area contributed by atoms with Crippen molar-refractivity contribution in [3.8, 4) is 22.4 Å². The van der Waals surface area contributed by atoms with E-state index in [0.29, 0.717) is 16.3 Å². The summed E-state index contributed by atoms with van der Waals surface area (Å²) in [5, 5.41) is 10.0. The van der Waals surface area contributed by atoms with Crippen LogP contribution in [-0.4, -0.2) is 36.6 Å². The summed E-state index contributed by atoms with van der Waals surface area (Å²) in [4.78, 5) is 28.3. The van der Waals surface area contributed by atoms with Gasteiger partial charge in [0.15, 0.2) is 0 Å². The zero-order valence-corrected chi connectivity index (χ0v) is 18.8. The van der Waals surface area contributed by atoms with Crippen LogP contribution in [0.2, 0.25) is 0 Å². The van der Waals surface area contributed by atoms with Crippen LogP contribution < -0.4 is 4.74 Å². The highest BCUT2D eigenvalue weighted by molar-refractivity contribution is 7.17. The van der Waals surface area contributed by atoms with Gasteiger partial charge in [0.05, 0.1) is 24.0 Å². The van der Waals surface area contributed by atoms with E-state index in [0.717, 1.165) is 11.3 Å². The molecule has 0 fully saturated rings. The maximum absolute atomic E-state index is 12.4. The van der Waals surface area contributed by atoms with Crippen molar-refractivity contribution in [3.63, 3.8) is 0 Å². The molecule has 0 aliphatic carbocycles. The van der Waals surface area contributed by atoms with Crippen LogP contribution >= 0.6 is 11.3 Å². The molecular weight excluding hydrogens is 432 g/mol. The first-order valence-corrected chi connectivity index (χ1v) is 10.5. The largest absolute Gasteiger partial charge is 0.511 e. The molecule has 8 nitrogen and oxygen atoms in total. The predicted molar refractivity (Wildman–Crippen MR) is 120 cm³/mol. The Kier molecular flexibility index (Phi) is 6.57. The second-order valence-electron chi connectivity index (χ2n) is 6.95. The quantitative estimate of drug-likeness (QED) is 0.334. The molecule has 0 bridgehead atoms. The Labute approximate surface area is 200 Å². The van der Waals surface area contributed by atoms with Crippen LogP contribution in [0.4, 0.5) is 4.79 Å². The number of nitriles is 1. The van der Waals surface area contributed by atoms with Crippen molar-refractivity contribution < 1.29 is 36.8 Å². The second-order valence-corrected chi connectivity index (χ2v) is 7.95. The van der Waals surface area contributed by atoms with E-state index >= 15 is 0 Å². The highest BCUT2D eigenvalue weighted by Gasteiger charge is 2.19. The average molecular weight is 467 g/mol. The van der Waals surface area contributed by atoms with Gasteiger partial charge in [-0.15, -0.1) is 11.3 Å². The Balaban J connectivity index is 2.12. The molecule has 9 heteroatoms. The van der Waals surface area contributed by atoms with Gasteiger partial charge in [-0.25, -0.2) is 14.6 Å². The van der Waals surface area contributed by atoms with Crippen molar-refractivity contribution in [2.45, 2.75) is 53.4 Å². The fourth-order valence-electron chi connectivity index (χ4n) is 2.41. The Bertz CT molecular complexity index is 1160. The van der Waals surface area contributed by atoms with Crippen molar-refractivity contribution in [2.24, 2.45) is 5.92 Å². The number of aromatic nitrogens is 1. The van der Waals surface area contributed by atoms with Crippen LogP contribution in [0.25, 0.3) is 10.6 Å². The number of benzene rings is 1. The summed E-state index contributed by atoms with van der Waals surface area (Å²) >= 11 is 1.01. The van der Waals surface area contributed by atoms with Crippen molar-refractivity contribution >= 4 is 23.5 Å². The third-order valence-electron chi connectivity index (χ3n) is 4.08. The van der Waals surface area contributed by atoms with Crippen LogP contribution in [0.3, 0.4) is 0 Å². The molecule has 2 rings (SSSR count). The summed E-state index contributed by atoms with van der Waals surface area (Å²) in [6.07, 6.45) is -2.03. The fraction of sp³-hybridized carbons (Fsp3) is 0.478. The first-order chi connectivity index (χ1) is 17.6. The van der Waals surface area contributed by atoms with E-state index in [2.05, 4.69) is 9.72 Å². The molecule has 0 N–H and O–H groups in total. The molecule has 172 valence electrons. The Hall–Kier alpha value is -3.12. The van der Waals surface area contributed by atoms with Gasteiger partial charge < -0.3 is 18.9 Å². The molecular formula is C23H28N2O6S. The number of hydrogen-bond donors (Lipinski definition) is 0. The normalized spacial score (nSPS) is 14.2. The van der Waals surface area contributed by atoms with Crippen LogP contribution in [0.5, 0.6) is 5.75 Å². The van der Waals surface area contributed by atoms with Gasteiger partial charge in [-0.3, -0.25) is 0 Å². The molecule has 0 aliphatic heterocycles. The molecule has 1 heterocycles. The van der Waals surface area contributed by atoms with Gasteiger partial charge in [-0.2, -0.15) is 5.26 Å². The number of ether oxygens (including phenoxy) is 4. The third-order valence-corrected chi connectivity index (χ3v) is 5.27. The van der Waals surface area contributed by atoms with Gasteiger partial charge in [-0.1, -0.05) is 26.5 Å². The molecule has 1 aromatic heterocycles. The summed E-state index contributed by atoms with van der Waals surface area (Å²) in [5.41, 5.74) is 1.01. The highest BCUT2D eigenvalue weighted by atomic mass is 32.1. The second kappa shape index (κ2) is 12.1. The maximum Gasteiger partial charge on any atom is 0.511 e. The van der Waals surface area contributed by atoms with Crippen LogP contribution in [0.1, 0.15) is 69.5 Å². The number of nitrogens with zero attached hydrogens (tertiary/aromatic N) is 2. The first-order valence-electron chi connectivity index (χ1n) is 12.7. The number of rotatable bonds is 10. The molecule has 0 unspecified atom stereocenters. The van der Waals surface area contributed by atoms with Crippen LogP contribution in [0.15, 0.2) is 18.2 Å². The minimum atomic E-state index is -2.33. The van der Waals surface area contributed by atoms with Gasteiger partial charge in [0.2, 0.25) is 6.79 Å². The van der Waals surface area contributed by atoms with E-state index in [1.807, 2.05) is 6.07 Å². The van der Waals surface area contributed by atoms with Crippen molar-refractivity contribution in [1.82, 2.24) is 4.98 Å². The Morgan fingerprint density at radius 2 is 2.00 bits per heavy atom. The van der Waals surface area contributed by atoms with E-state index < -0.39 is 38.5 Å². The van der Waals surface area contributed by atoms with E-state index in [9.17, 15) is 14.9 Å². The summed E-state index contributed by atoms with van der Waals surface area (Å²) in [5.74, 6) is -1.36. The standard InChI is InChI=1S/C23H28N2O6S/c1-6-16(7-2)12-28-19-9-8-17(10-18(19)11-24)21-25-15(5)20(32-21)22(26)29-13-30-23(27)31-14(3)4/h8-10,14,16H,6-7,12-13H2,1-5H3/i1D3,2D3. The molecule has 0 aliphatic rings. The van der Waals surface area contributed by atoms with E-state index in [1.165, 1.54) is 12.1 Å². The zero-order chi connectivity index (χ0) is 28.7. The summed E-state index contributed by atoms with van der Waals surface area (Å²) in [6.45, 7) is -0.592. The summed E-state index contributed by atoms with van der Waals surface area (Å²) in [7, 11) is 0. The van der Waals surface area contributed by atoms with Crippen LogP contribution in [0, 0.1) is 24.2 Å². The predicted octanol–water partition coefficient (Wildman–Crippen LogP) is 5.48. The number of thiazole rings is 1. The molecule has 1 aromatic carbocycles. The van der Waals surface area contributed by atoms with Crippen molar-refractivity contribution in [1.29, 1.82) is 5.26 Å². The number of carbonyl (C=O) groups is 2. The lowest BCUT2D eigenvalue weighted by Crippen LogP contribution is -2.16. The van der Waals surface area contributed by atoms with E-state index in [1.54, 1.807) is 26.8 Å². The molecule has 0 radical (unpaired) electrons. The maximum atomic E-state index is 12.4. The number of aryl methyl sites for hydroxylation is 1. The molecule has 32 heavy (non-hydrogen) atoms. The fourth-order valence-corrected chi connectivity index (χ4v) is 3.36. The number of hydrogen-bond acceptors (Lipinski definition) is 9. The minimum absolute atomic E-state index is 0.123. The molecule has 0 saturated heterocycles. The van der Waals surface area contributed by atoms with Crippen molar-refractivity contribution in [3.05, 3.63) is 34.3 Å².